The van der Waals surface area contributed by atoms with Crippen LogP contribution in [0.2, 0.25) is 0 Å². The van der Waals surface area contributed by atoms with E-state index in [-0.39, 0.29) is 19.1 Å². The Bertz CT molecular complexity index is 574. The summed E-state index contributed by atoms with van der Waals surface area (Å²) in [6.07, 6.45) is -0.984. The molecule has 7 heteroatoms. The number of nitrogens with zero attached hydrogens (tertiary/aromatic N) is 1. The zero-order chi connectivity index (χ0) is 16.8. The van der Waals surface area contributed by atoms with Gasteiger partial charge in [-0.3, -0.25) is 4.79 Å². The Labute approximate surface area is 134 Å². The second-order valence-corrected chi connectivity index (χ2v) is 4.98. The second-order valence-electron chi connectivity index (χ2n) is 4.98. The van der Waals surface area contributed by atoms with E-state index in [9.17, 15) is 9.59 Å². The molecular weight excluding hydrogens is 302 g/mol. The Balaban J connectivity index is 2.18. The maximum absolute atomic E-state index is 12.6. The SMILES string of the molecule is CCOc1ccc(C(=O)N2CCOC(C(=O)O)C2)cc1OCC. The number of carbonyl (C=O) groups is 2. The Kier molecular flexibility index (Phi) is 5.81. The van der Waals surface area contributed by atoms with E-state index in [0.29, 0.717) is 36.8 Å². The van der Waals surface area contributed by atoms with Crippen molar-refractivity contribution in [3.05, 3.63) is 23.8 Å². The molecule has 0 saturated carbocycles. The van der Waals surface area contributed by atoms with Crippen LogP contribution in [0.25, 0.3) is 0 Å². The molecule has 1 atom stereocenters. The highest BCUT2D eigenvalue weighted by molar-refractivity contribution is 5.95. The van der Waals surface area contributed by atoms with Crippen molar-refractivity contribution in [3.8, 4) is 11.5 Å². The molecule has 1 heterocycles. The lowest BCUT2D eigenvalue weighted by atomic mass is 10.1. The Morgan fingerprint density at radius 3 is 2.61 bits per heavy atom. The minimum atomic E-state index is -1.07. The van der Waals surface area contributed by atoms with E-state index >= 15 is 0 Å². The van der Waals surface area contributed by atoms with Gasteiger partial charge < -0.3 is 24.2 Å². The molecule has 23 heavy (non-hydrogen) atoms. The third-order valence-electron chi connectivity index (χ3n) is 3.42. The number of carboxylic acid groups (broad SMARTS) is 1. The fourth-order valence-corrected chi connectivity index (χ4v) is 2.35. The van der Waals surface area contributed by atoms with Crippen molar-refractivity contribution in [2.75, 3.05) is 32.9 Å². The predicted molar refractivity (Wildman–Crippen MR) is 82.1 cm³/mol. The van der Waals surface area contributed by atoms with Gasteiger partial charge in [0.25, 0.3) is 5.91 Å². The lowest BCUT2D eigenvalue weighted by Gasteiger charge is -2.31. The molecule has 0 bridgehead atoms. The molecule has 1 aliphatic rings. The molecule has 0 aliphatic carbocycles. The zero-order valence-electron chi connectivity index (χ0n) is 13.3. The van der Waals surface area contributed by atoms with Gasteiger partial charge in [0.2, 0.25) is 0 Å². The first-order valence-electron chi connectivity index (χ1n) is 7.60. The lowest BCUT2D eigenvalue weighted by molar-refractivity contribution is -0.154. The quantitative estimate of drug-likeness (QED) is 0.852. The Morgan fingerprint density at radius 1 is 1.26 bits per heavy atom. The van der Waals surface area contributed by atoms with Crippen LogP contribution in [0.5, 0.6) is 11.5 Å². The minimum absolute atomic E-state index is 0.0331. The fourth-order valence-electron chi connectivity index (χ4n) is 2.35. The summed E-state index contributed by atoms with van der Waals surface area (Å²) in [7, 11) is 0. The average Bonchev–Trinajstić information content (AvgIpc) is 2.56. The van der Waals surface area contributed by atoms with Gasteiger partial charge in [-0.05, 0) is 32.0 Å². The Morgan fingerprint density at radius 2 is 1.96 bits per heavy atom. The van der Waals surface area contributed by atoms with Gasteiger partial charge in [-0.1, -0.05) is 0 Å². The largest absolute Gasteiger partial charge is 0.490 e. The molecule has 126 valence electrons. The first-order valence-corrected chi connectivity index (χ1v) is 7.60. The molecule has 1 aliphatic heterocycles. The number of amides is 1. The maximum Gasteiger partial charge on any atom is 0.334 e. The number of hydrogen-bond acceptors (Lipinski definition) is 5. The first kappa shape index (κ1) is 17.1. The van der Waals surface area contributed by atoms with Crippen LogP contribution >= 0.6 is 0 Å². The highest BCUT2D eigenvalue weighted by atomic mass is 16.5. The van der Waals surface area contributed by atoms with Gasteiger partial charge >= 0.3 is 5.97 Å². The molecule has 1 aromatic rings. The van der Waals surface area contributed by atoms with Crippen molar-refractivity contribution in [1.29, 1.82) is 0 Å². The van der Waals surface area contributed by atoms with Crippen LogP contribution in [-0.4, -0.2) is 60.9 Å². The van der Waals surface area contributed by atoms with Gasteiger partial charge in [0.15, 0.2) is 17.6 Å². The van der Waals surface area contributed by atoms with E-state index in [1.54, 1.807) is 18.2 Å². The second kappa shape index (κ2) is 7.82. The molecule has 0 spiro atoms. The number of benzene rings is 1. The lowest BCUT2D eigenvalue weighted by Crippen LogP contribution is -2.48. The summed E-state index contributed by atoms with van der Waals surface area (Å²) >= 11 is 0. The van der Waals surface area contributed by atoms with Crippen molar-refractivity contribution >= 4 is 11.9 Å². The fraction of sp³-hybridized carbons (Fsp3) is 0.500. The minimum Gasteiger partial charge on any atom is -0.490 e. The van der Waals surface area contributed by atoms with Crippen LogP contribution < -0.4 is 9.47 Å². The summed E-state index contributed by atoms with van der Waals surface area (Å²) in [4.78, 5) is 25.1. The van der Waals surface area contributed by atoms with Crippen LogP contribution in [0, 0.1) is 0 Å². The third-order valence-corrected chi connectivity index (χ3v) is 3.42. The van der Waals surface area contributed by atoms with Gasteiger partial charge in [-0.2, -0.15) is 0 Å². The molecule has 1 fully saturated rings. The summed E-state index contributed by atoms with van der Waals surface area (Å²) in [5.41, 5.74) is 0.433. The van der Waals surface area contributed by atoms with E-state index in [2.05, 4.69) is 0 Å². The van der Waals surface area contributed by atoms with E-state index in [0.717, 1.165) is 0 Å². The number of morpholine rings is 1. The van der Waals surface area contributed by atoms with Crippen molar-refractivity contribution in [1.82, 2.24) is 4.90 Å². The van der Waals surface area contributed by atoms with Crippen LogP contribution in [0.15, 0.2) is 18.2 Å². The van der Waals surface area contributed by atoms with E-state index in [4.69, 9.17) is 19.3 Å². The predicted octanol–water partition coefficient (Wildman–Crippen LogP) is 1.41. The molecule has 1 saturated heterocycles. The molecule has 1 N–H and O–H groups in total. The topological polar surface area (TPSA) is 85.3 Å². The number of hydrogen-bond donors (Lipinski definition) is 1. The standard InChI is InChI=1S/C16H21NO6/c1-3-21-12-6-5-11(9-13(12)22-4-2)15(18)17-7-8-23-14(10-17)16(19)20/h5-6,9,14H,3-4,7-8,10H2,1-2H3,(H,19,20). The summed E-state index contributed by atoms with van der Waals surface area (Å²) < 4.78 is 16.1. The van der Waals surface area contributed by atoms with E-state index < -0.39 is 12.1 Å². The number of carbonyl (C=O) groups excluding carboxylic acids is 1. The van der Waals surface area contributed by atoms with Crippen LogP contribution in [0.1, 0.15) is 24.2 Å². The molecule has 7 nitrogen and oxygen atoms in total. The first-order chi connectivity index (χ1) is 11.1. The molecule has 1 amide bonds. The van der Waals surface area contributed by atoms with Crippen molar-refractivity contribution < 1.29 is 28.9 Å². The average molecular weight is 323 g/mol. The van der Waals surface area contributed by atoms with E-state index in [1.807, 2.05) is 13.8 Å². The normalized spacial score (nSPS) is 17.7. The van der Waals surface area contributed by atoms with Gasteiger partial charge in [0.1, 0.15) is 0 Å². The number of rotatable bonds is 6. The van der Waals surface area contributed by atoms with Crippen molar-refractivity contribution in [2.45, 2.75) is 20.0 Å². The summed E-state index contributed by atoms with van der Waals surface area (Å²) in [5.74, 6) is -0.229. The van der Waals surface area contributed by atoms with Gasteiger partial charge in [0, 0.05) is 12.1 Å². The highest BCUT2D eigenvalue weighted by Crippen LogP contribution is 2.29. The zero-order valence-corrected chi connectivity index (χ0v) is 13.3. The molecule has 0 aromatic heterocycles. The molecule has 1 unspecified atom stereocenters. The molecule has 1 aromatic carbocycles. The van der Waals surface area contributed by atoms with Gasteiger partial charge in [-0.15, -0.1) is 0 Å². The molecular formula is C16H21NO6. The van der Waals surface area contributed by atoms with Gasteiger partial charge in [0.05, 0.1) is 26.4 Å². The smallest absolute Gasteiger partial charge is 0.334 e. The Hall–Kier alpha value is -2.28. The van der Waals surface area contributed by atoms with Crippen LogP contribution in [0.3, 0.4) is 0 Å². The molecule has 0 radical (unpaired) electrons. The number of aliphatic carboxylic acids is 1. The molecule has 2 rings (SSSR count). The third kappa shape index (κ3) is 4.13. The summed E-state index contributed by atoms with van der Waals surface area (Å²) in [6, 6.07) is 4.97. The number of ether oxygens (including phenoxy) is 3. The summed E-state index contributed by atoms with van der Waals surface area (Å²) in [6.45, 7) is 5.27. The van der Waals surface area contributed by atoms with Gasteiger partial charge in [-0.25, -0.2) is 4.79 Å². The highest BCUT2D eigenvalue weighted by Gasteiger charge is 2.29. The van der Waals surface area contributed by atoms with E-state index in [1.165, 1.54) is 4.90 Å². The monoisotopic (exact) mass is 323 g/mol. The maximum atomic E-state index is 12.6. The van der Waals surface area contributed by atoms with Crippen molar-refractivity contribution in [2.24, 2.45) is 0 Å². The summed E-state index contributed by atoms with van der Waals surface area (Å²) in [5, 5.41) is 9.02. The number of carboxylic acids is 1. The van der Waals surface area contributed by atoms with Crippen LogP contribution in [0.4, 0.5) is 0 Å². The van der Waals surface area contributed by atoms with Crippen LogP contribution in [-0.2, 0) is 9.53 Å². The van der Waals surface area contributed by atoms with Crippen molar-refractivity contribution in [3.63, 3.8) is 0 Å².